The Labute approximate surface area is 189 Å². The zero-order valence-electron chi connectivity index (χ0n) is 18.5. The zero-order chi connectivity index (χ0) is 22.3. The highest BCUT2D eigenvalue weighted by Crippen LogP contribution is 2.34. The number of rotatable bonds is 8. The second-order valence-electron chi connectivity index (χ2n) is 7.35. The Hall–Kier alpha value is -3.80. The second kappa shape index (κ2) is 10.0. The molecule has 0 bridgehead atoms. The molecule has 1 aliphatic heterocycles. The van der Waals surface area contributed by atoms with Crippen molar-refractivity contribution in [2.24, 2.45) is 0 Å². The Bertz CT molecular complexity index is 1130. The summed E-state index contributed by atoms with van der Waals surface area (Å²) in [5.74, 6) is 2.89. The molecule has 1 aliphatic rings. The summed E-state index contributed by atoms with van der Waals surface area (Å²) in [5.41, 5.74) is 3.98. The maximum Gasteiger partial charge on any atom is 0.142 e. The van der Waals surface area contributed by atoms with Gasteiger partial charge in [-0.2, -0.15) is 0 Å². The van der Waals surface area contributed by atoms with Gasteiger partial charge in [-0.25, -0.2) is 4.98 Å². The van der Waals surface area contributed by atoms with Crippen molar-refractivity contribution in [3.63, 3.8) is 0 Å². The predicted octanol–water partition coefficient (Wildman–Crippen LogP) is 5.89. The van der Waals surface area contributed by atoms with Crippen molar-refractivity contribution in [2.75, 3.05) is 30.0 Å². The van der Waals surface area contributed by atoms with Crippen molar-refractivity contribution in [1.29, 1.82) is 5.41 Å². The predicted molar refractivity (Wildman–Crippen MR) is 130 cm³/mol. The highest BCUT2D eigenvalue weighted by atomic mass is 16.5. The molecule has 164 valence electrons. The van der Waals surface area contributed by atoms with Crippen molar-refractivity contribution in [2.45, 2.75) is 20.3 Å². The van der Waals surface area contributed by atoms with Crippen LogP contribution in [0.2, 0.25) is 0 Å². The molecule has 0 atom stereocenters. The van der Waals surface area contributed by atoms with Crippen LogP contribution in [0, 0.1) is 5.41 Å². The summed E-state index contributed by atoms with van der Waals surface area (Å²) in [6, 6.07) is 19.7. The van der Waals surface area contributed by atoms with Crippen LogP contribution in [0.3, 0.4) is 0 Å². The van der Waals surface area contributed by atoms with Gasteiger partial charge in [0.25, 0.3) is 0 Å². The number of nitrogens with zero attached hydrogens (tertiary/aromatic N) is 2. The molecule has 32 heavy (non-hydrogen) atoms. The summed E-state index contributed by atoms with van der Waals surface area (Å²) in [7, 11) is 0. The monoisotopic (exact) mass is 428 g/mol. The number of aromatic nitrogens is 1. The Balaban J connectivity index is 1.54. The summed E-state index contributed by atoms with van der Waals surface area (Å²) >= 11 is 0. The van der Waals surface area contributed by atoms with Gasteiger partial charge in [0.2, 0.25) is 0 Å². The van der Waals surface area contributed by atoms with E-state index in [1.165, 1.54) is 0 Å². The molecule has 2 heterocycles. The molecule has 0 saturated carbocycles. The summed E-state index contributed by atoms with van der Waals surface area (Å²) in [6.45, 7) is 5.76. The number of hydrogen-bond acceptors (Lipinski definition) is 5. The quantitative estimate of drug-likeness (QED) is 0.468. The van der Waals surface area contributed by atoms with E-state index in [2.05, 4.69) is 16.4 Å². The molecular formula is C26H28N4O2. The van der Waals surface area contributed by atoms with Gasteiger partial charge in [0.15, 0.2) is 0 Å². The first-order valence-electron chi connectivity index (χ1n) is 10.9. The number of amidine groups is 1. The first-order valence-corrected chi connectivity index (χ1v) is 10.9. The average Bonchev–Trinajstić information content (AvgIpc) is 2.81. The van der Waals surface area contributed by atoms with Gasteiger partial charge in [0.1, 0.15) is 23.2 Å². The fourth-order valence-electron chi connectivity index (χ4n) is 3.77. The second-order valence-corrected chi connectivity index (χ2v) is 7.35. The van der Waals surface area contributed by atoms with Crippen molar-refractivity contribution < 1.29 is 9.47 Å². The fourth-order valence-corrected chi connectivity index (χ4v) is 3.77. The molecule has 6 heteroatoms. The third-order valence-electron chi connectivity index (χ3n) is 5.24. The van der Waals surface area contributed by atoms with E-state index in [4.69, 9.17) is 14.9 Å². The van der Waals surface area contributed by atoms with Crippen molar-refractivity contribution in [1.82, 2.24) is 4.98 Å². The standard InChI is InChI=1S/C26H28N4O2/c1-3-31-23-11-7-5-9-21(23)29-26-18-19(13-15-28-26)20-14-16-30(25(27)17-20)22-10-6-8-12-24(22)32-4-2/h5-15,18,27H,3-4,16-17H2,1-2H3,(H,28,29). The summed E-state index contributed by atoms with van der Waals surface area (Å²) in [6.07, 6.45) is 4.51. The van der Waals surface area contributed by atoms with Crippen LogP contribution in [0.5, 0.6) is 11.5 Å². The first-order chi connectivity index (χ1) is 15.7. The molecule has 0 fully saturated rings. The van der Waals surface area contributed by atoms with Crippen LogP contribution >= 0.6 is 0 Å². The Morgan fingerprint density at radius 2 is 1.69 bits per heavy atom. The lowest BCUT2D eigenvalue weighted by Gasteiger charge is -2.30. The maximum atomic E-state index is 8.68. The number of nitrogens with one attached hydrogen (secondary N) is 2. The molecule has 3 aromatic rings. The lowest BCUT2D eigenvalue weighted by Crippen LogP contribution is -2.34. The third-order valence-corrected chi connectivity index (χ3v) is 5.24. The van der Waals surface area contributed by atoms with Gasteiger partial charge in [0.05, 0.1) is 24.6 Å². The van der Waals surface area contributed by atoms with Gasteiger partial charge >= 0.3 is 0 Å². The average molecular weight is 429 g/mol. The molecule has 0 saturated heterocycles. The number of pyridine rings is 1. The minimum Gasteiger partial charge on any atom is -0.492 e. The van der Waals surface area contributed by atoms with E-state index in [9.17, 15) is 0 Å². The summed E-state index contributed by atoms with van der Waals surface area (Å²) in [4.78, 5) is 6.46. The Morgan fingerprint density at radius 3 is 2.47 bits per heavy atom. The number of anilines is 3. The smallest absolute Gasteiger partial charge is 0.142 e. The zero-order valence-corrected chi connectivity index (χ0v) is 18.5. The van der Waals surface area contributed by atoms with E-state index in [1.807, 2.05) is 79.4 Å². The molecule has 4 rings (SSSR count). The summed E-state index contributed by atoms with van der Waals surface area (Å²) in [5, 5.41) is 12.0. The minimum atomic E-state index is 0.541. The SMILES string of the molecule is CCOc1ccccc1Nc1cc(C2=CCN(c3ccccc3OCC)C(=N)C2)ccn1. The lowest BCUT2D eigenvalue weighted by atomic mass is 9.99. The number of ether oxygens (including phenoxy) is 2. The molecule has 1 aromatic heterocycles. The number of benzene rings is 2. The van der Waals surface area contributed by atoms with Gasteiger partial charge in [-0.3, -0.25) is 5.41 Å². The van der Waals surface area contributed by atoms with Gasteiger partial charge in [-0.15, -0.1) is 0 Å². The van der Waals surface area contributed by atoms with E-state index < -0.39 is 0 Å². The lowest BCUT2D eigenvalue weighted by molar-refractivity contribution is 0.341. The van der Waals surface area contributed by atoms with E-state index in [-0.39, 0.29) is 0 Å². The minimum absolute atomic E-state index is 0.541. The van der Waals surface area contributed by atoms with E-state index in [0.29, 0.717) is 32.0 Å². The molecule has 2 N–H and O–H groups in total. The highest BCUT2D eigenvalue weighted by Gasteiger charge is 2.21. The largest absolute Gasteiger partial charge is 0.492 e. The van der Waals surface area contributed by atoms with Crippen LogP contribution in [-0.2, 0) is 0 Å². The maximum absolute atomic E-state index is 8.68. The van der Waals surface area contributed by atoms with Crippen LogP contribution < -0.4 is 19.7 Å². The molecule has 0 unspecified atom stereocenters. The molecule has 0 amide bonds. The molecule has 2 aromatic carbocycles. The molecule has 6 nitrogen and oxygen atoms in total. The van der Waals surface area contributed by atoms with Crippen LogP contribution in [-0.4, -0.2) is 30.6 Å². The third kappa shape index (κ3) is 4.75. The number of hydrogen-bond donors (Lipinski definition) is 2. The fraction of sp³-hybridized carbons (Fsp3) is 0.231. The molecule has 0 aliphatic carbocycles. The van der Waals surface area contributed by atoms with E-state index in [0.717, 1.165) is 39.8 Å². The summed E-state index contributed by atoms with van der Waals surface area (Å²) < 4.78 is 11.5. The number of para-hydroxylation sites is 4. The molecular weight excluding hydrogens is 400 g/mol. The van der Waals surface area contributed by atoms with Crippen LogP contribution in [0.1, 0.15) is 25.8 Å². The van der Waals surface area contributed by atoms with Crippen LogP contribution in [0.25, 0.3) is 5.57 Å². The normalized spacial score (nSPS) is 13.5. The van der Waals surface area contributed by atoms with Crippen LogP contribution in [0.15, 0.2) is 72.9 Å². The molecule has 0 spiro atoms. The first kappa shape index (κ1) is 21.4. The topological polar surface area (TPSA) is 70.5 Å². The van der Waals surface area contributed by atoms with Crippen molar-refractivity contribution in [3.05, 3.63) is 78.5 Å². The van der Waals surface area contributed by atoms with Gasteiger partial charge < -0.3 is 19.7 Å². The van der Waals surface area contributed by atoms with E-state index >= 15 is 0 Å². The van der Waals surface area contributed by atoms with Gasteiger partial charge in [-0.05, 0) is 61.4 Å². The van der Waals surface area contributed by atoms with Gasteiger partial charge in [-0.1, -0.05) is 30.3 Å². The van der Waals surface area contributed by atoms with E-state index in [1.54, 1.807) is 6.20 Å². The Morgan fingerprint density at radius 1 is 0.969 bits per heavy atom. The van der Waals surface area contributed by atoms with Crippen molar-refractivity contribution in [3.8, 4) is 11.5 Å². The molecule has 0 radical (unpaired) electrons. The van der Waals surface area contributed by atoms with Crippen molar-refractivity contribution >= 4 is 28.6 Å². The van der Waals surface area contributed by atoms with Gasteiger partial charge in [0, 0.05) is 19.2 Å². The highest BCUT2D eigenvalue weighted by molar-refractivity contribution is 6.04. The Kier molecular flexibility index (Phi) is 6.70. The van der Waals surface area contributed by atoms with Crippen LogP contribution in [0.4, 0.5) is 17.2 Å².